The molecule has 5 fully saturated rings. The van der Waals surface area contributed by atoms with Crippen molar-refractivity contribution in [2.75, 3.05) is 74.4 Å². The summed E-state index contributed by atoms with van der Waals surface area (Å²) >= 11 is 0. The van der Waals surface area contributed by atoms with Crippen molar-refractivity contribution in [2.24, 2.45) is 11.1 Å². The third-order valence-corrected chi connectivity index (χ3v) is 17.1. The number of nitrogens with zero attached hydrogens (tertiary/aromatic N) is 5. The van der Waals surface area contributed by atoms with Crippen LogP contribution in [0, 0.1) is 15.5 Å². The van der Waals surface area contributed by atoms with Gasteiger partial charge in [0.15, 0.2) is 11.4 Å². The molecule has 12 rings (SSSR count). The van der Waals surface area contributed by atoms with Gasteiger partial charge in [0.2, 0.25) is 15.7 Å². The van der Waals surface area contributed by atoms with Crippen LogP contribution in [0.1, 0.15) is 73.0 Å². The zero-order valence-electron chi connectivity index (χ0n) is 37.9. The lowest BCUT2D eigenvalue weighted by molar-refractivity contribution is -0.384. The molecule has 2 aromatic heterocycles. The van der Waals surface area contributed by atoms with Crippen LogP contribution in [0.15, 0.2) is 76.7 Å². The molecule has 1 saturated carbocycles. The second-order valence-electron chi connectivity index (χ2n) is 19.8. The molecular weight excluding hydrogens is 893 g/mol. The van der Waals surface area contributed by atoms with Crippen molar-refractivity contribution in [1.82, 2.24) is 14.9 Å². The van der Waals surface area contributed by atoms with E-state index in [1.165, 1.54) is 17.2 Å². The van der Waals surface area contributed by atoms with Gasteiger partial charge in [-0.2, -0.15) is 4.98 Å². The summed E-state index contributed by atoms with van der Waals surface area (Å²) in [5.74, 6) is -0.212. The molecule has 6 aliphatic heterocycles. The number of rotatable bonds is 10. The number of anilines is 4. The van der Waals surface area contributed by atoms with Crippen LogP contribution in [0.25, 0.3) is 11.0 Å². The lowest BCUT2D eigenvalue weighted by Gasteiger charge is -2.62. The number of hydrogen-bond donors (Lipinski definition) is 3. The number of nitro benzene ring substituents is 1. The number of sulfone groups is 1. The number of nitrogens with one attached hydrogen (secondary N) is 2. The fourth-order valence-electron chi connectivity index (χ4n) is 12.1. The summed E-state index contributed by atoms with van der Waals surface area (Å²) < 4.78 is 62.0. The Morgan fingerprint density at radius 2 is 1.81 bits per heavy atom. The highest BCUT2D eigenvalue weighted by Crippen LogP contribution is 2.57. The topological polar surface area (TPSA) is 217 Å². The zero-order valence-corrected chi connectivity index (χ0v) is 38.7. The molecule has 68 heavy (non-hydrogen) atoms. The van der Waals surface area contributed by atoms with E-state index in [9.17, 15) is 14.9 Å². The minimum absolute atomic E-state index is 0.000388. The first-order valence-electron chi connectivity index (χ1n) is 23.6. The van der Waals surface area contributed by atoms with Gasteiger partial charge in [-0.3, -0.25) is 19.8 Å². The molecule has 5 atom stereocenters. The van der Waals surface area contributed by atoms with Gasteiger partial charge in [0, 0.05) is 54.3 Å². The highest BCUT2D eigenvalue weighted by molar-refractivity contribution is 7.91. The maximum absolute atomic E-state index is 16.0. The molecule has 3 aromatic carbocycles. The van der Waals surface area contributed by atoms with Crippen LogP contribution in [0.3, 0.4) is 0 Å². The number of nitrogens with two attached hydrogens (primary N) is 1. The summed E-state index contributed by atoms with van der Waals surface area (Å²) in [4.78, 5) is 39.9. The number of benzene rings is 3. The second kappa shape index (κ2) is 16.3. The maximum Gasteiger partial charge on any atom is 0.297 e. The number of likely N-dealkylation sites (tertiary alicyclic amines) is 1. The van der Waals surface area contributed by atoms with E-state index in [1.54, 1.807) is 23.2 Å². The molecule has 1 aliphatic carbocycles. The molecule has 18 nitrogen and oxygen atoms in total. The number of fused-ring (bicyclic) bond motifs is 4. The number of aromatic amines is 1. The molecule has 1 amide bonds. The van der Waals surface area contributed by atoms with Gasteiger partial charge in [0.25, 0.3) is 11.6 Å². The van der Waals surface area contributed by atoms with Crippen LogP contribution in [-0.2, 0) is 24.0 Å². The van der Waals surface area contributed by atoms with E-state index in [-0.39, 0.29) is 70.2 Å². The molecule has 0 bridgehead atoms. The fraction of sp³-hybridized carbons (Fsp3) is 0.469. The van der Waals surface area contributed by atoms with Crippen molar-refractivity contribution in [2.45, 2.75) is 91.6 Å². The quantitative estimate of drug-likeness (QED) is 0.105. The number of carbonyl (C=O) groups excluding carboxylic acids is 1. The van der Waals surface area contributed by atoms with Crippen molar-refractivity contribution in [3.63, 3.8) is 0 Å². The molecule has 4 N–H and O–H groups in total. The van der Waals surface area contributed by atoms with Gasteiger partial charge in [-0.1, -0.05) is 38.1 Å². The number of primary amides is 1. The van der Waals surface area contributed by atoms with Gasteiger partial charge in [-0.25, -0.2) is 8.42 Å². The number of pyridine rings is 1. The van der Waals surface area contributed by atoms with Gasteiger partial charge in [-0.05, 0) is 73.5 Å². The van der Waals surface area contributed by atoms with Crippen molar-refractivity contribution in [3.8, 4) is 11.6 Å². The number of hydrogen-bond acceptors (Lipinski definition) is 15. The summed E-state index contributed by atoms with van der Waals surface area (Å²) in [5.41, 5.74) is 9.86. The smallest absolute Gasteiger partial charge is 0.297 e. The average molecular weight is 947 g/mol. The van der Waals surface area contributed by atoms with Gasteiger partial charge >= 0.3 is 0 Å². The molecular formula is C49H54N8O10S. The Hall–Kier alpha value is -5.99. The monoisotopic (exact) mass is 946 g/mol. The number of ether oxygens (including phenoxy) is 5. The third-order valence-electron chi connectivity index (χ3n) is 15.3. The van der Waals surface area contributed by atoms with Crippen molar-refractivity contribution in [3.05, 3.63) is 93.7 Å². The number of aromatic nitrogens is 2. The largest absolute Gasteiger partial charge is 0.489 e. The SMILES string of the molecule is CC(C)c1ccccc1[C@@H]1CCCN1C1CC2(C1)CN(c1ccc(C(N)=O)c(N3c4cc5cc[nH]c5nc4O[C@@H]4COC[C@H]43)c1S(=O)(=O)c1cc3c(c([N+](=O)[O-])c1)N[C@@H]([C@H]1COCCO1)CO3)C2. The highest BCUT2D eigenvalue weighted by atomic mass is 32.2. The molecule has 4 saturated heterocycles. The molecule has 0 unspecified atom stereocenters. The molecule has 5 aromatic rings. The minimum atomic E-state index is -4.78. The lowest BCUT2D eigenvalue weighted by Crippen LogP contribution is -2.66. The molecule has 7 aliphatic rings. The number of carbonyl (C=O) groups is 1. The number of nitro groups is 1. The zero-order chi connectivity index (χ0) is 46.6. The van der Waals surface area contributed by atoms with Crippen molar-refractivity contribution >= 4 is 55.2 Å². The number of H-pyrrole nitrogens is 1. The number of amides is 1. The second-order valence-corrected chi connectivity index (χ2v) is 21.6. The highest BCUT2D eigenvalue weighted by Gasteiger charge is 2.56. The van der Waals surface area contributed by atoms with Crippen LogP contribution in [0.4, 0.5) is 28.4 Å². The summed E-state index contributed by atoms with van der Waals surface area (Å²) in [6, 6.07) is 17.8. The van der Waals surface area contributed by atoms with Gasteiger partial charge in [0.1, 0.15) is 35.0 Å². The van der Waals surface area contributed by atoms with E-state index >= 15 is 8.42 Å². The summed E-state index contributed by atoms with van der Waals surface area (Å²) in [5, 5.41) is 16.9. The van der Waals surface area contributed by atoms with Gasteiger partial charge < -0.3 is 49.5 Å². The van der Waals surface area contributed by atoms with Crippen LogP contribution in [0.5, 0.6) is 11.6 Å². The Balaban J connectivity index is 0.959. The van der Waals surface area contributed by atoms with Crippen LogP contribution in [-0.4, -0.2) is 124 Å². The maximum atomic E-state index is 16.0. The standard InChI is InChI=1S/C49H54N8O10S/c1-27(2)31-6-3-4-7-32(31)35-8-5-13-55(35)29-19-49(20-29)25-54(26-49)36-10-9-33(46(50)58)44(56-38-16-28-11-12-51-47(28)53-48(38)67-42-24-64-22-39(42)56)45(36)68(61,62)30-17-37(57(59)60)43-40(18-30)66-21-34(52-43)41-23-63-14-15-65-41/h3-4,6-7,9-12,16-18,27,29,34-35,39,41-42,52H,5,8,13-15,19-26H2,1-2H3,(H2,50,58)(H,51,53)/t34-,35+,39-,41-,42-/m1/s1. The van der Waals surface area contributed by atoms with E-state index in [0.29, 0.717) is 61.3 Å². The first-order chi connectivity index (χ1) is 32.9. The molecule has 0 radical (unpaired) electrons. The Kier molecular flexibility index (Phi) is 10.4. The third kappa shape index (κ3) is 6.98. The molecule has 8 heterocycles. The fourth-order valence-corrected chi connectivity index (χ4v) is 13.8. The predicted molar refractivity (Wildman–Crippen MR) is 251 cm³/mol. The van der Waals surface area contributed by atoms with E-state index in [0.717, 1.165) is 43.7 Å². The molecule has 356 valence electrons. The Morgan fingerprint density at radius 1 is 0.985 bits per heavy atom. The summed E-state index contributed by atoms with van der Waals surface area (Å²) in [6.45, 7) is 8.14. The van der Waals surface area contributed by atoms with E-state index < -0.39 is 50.6 Å². The molecule has 1 spiro atoms. The normalized spacial score (nSPS) is 25.5. The van der Waals surface area contributed by atoms with E-state index in [1.807, 2.05) is 12.1 Å². The summed E-state index contributed by atoms with van der Waals surface area (Å²) in [6.07, 6.45) is 4.92. The predicted octanol–water partition coefficient (Wildman–Crippen LogP) is 6.22. The first-order valence-corrected chi connectivity index (χ1v) is 25.1. The lowest BCUT2D eigenvalue weighted by atomic mass is 9.60. The minimum Gasteiger partial charge on any atom is -0.489 e. The van der Waals surface area contributed by atoms with Crippen molar-refractivity contribution < 1.29 is 41.8 Å². The summed E-state index contributed by atoms with van der Waals surface area (Å²) in [7, 11) is -4.78. The average Bonchev–Trinajstić information content (AvgIpc) is 4.10. The Labute approximate surface area is 393 Å². The van der Waals surface area contributed by atoms with Crippen molar-refractivity contribution in [1.29, 1.82) is 0 Å². The van der Waals surface area contributed by atoms with Crippen LogP contribution in [0.2, 0.25) is 0 Å². The van der Waals surface area contributed by atoms with Crippen LogP contribution < -0.4 is 30.3 Å². The Morgan fingerprint density at radius 3 is 2.59 bits per heavy atom. The van der Waals surface area contributed by atoms with E-state index in [2.05, 4.69) is 58.2 Å². The molecule has 19 heteroatoms. The Bertz CT molecular complexity index is 2960. The van der Waals surface area contributed by atoms with Gasteiger partial charge in [-0.15, -0.1) is 0 Å². The van der Waals surface area contributed by atoms with E-state index in [4.69, 9.17) is 34.4 Å². The van der Waals surface area contributed by atoms with Gasteiger partial charge in [0.05, 0.1) is 71.9 Å². The first kappa shape index (κ1) is 43.3. The van der Waals surface area contributed by atoms with Crippen LogP contribution >= 0.6 is 0 Å².